The Morgan fingerprint density at radius 2 is 1.92 bits per heavy atom. The summed E-state index contributed by atoms with van der Waals surface area (Å²) >= 11 is 6.47. The molecule has 0 aliphatic carbocycles. The molecular formula is C18H14FNO3S2. The monoisotopic (exact) mass is 375 g/mol. The van der Waals surface area contributed by atoms with Gasteiger partial charge in [0.2, 0.25) is 0 Å². The van der Waals surface area contributed by atoms with Crippen LogP contribution < -0.4 is 14.4 Å². The smallest absolute Gasteiger partial charge is 0.270 e. The maximum Gasteiger partial charge on any atom is 0.270 e. The molecule has 0 radical (unpaired) electrons. The van der Waals surface area contributed by atoms with Crippen molar-refractivity contribution in [2.75, 3.05) is 19.1 Å². The van der Waals surface area contributed by atoms with Gasteiger partial charge in [0.1, 0.15) is 17.3 Å². The number of anilines is 1. The van der Waals surface area contributed by atoms with Crippen LogP contribution in [0.2, 0.25) is 0 Å². The van der Waals surface area contributed by atoms with Crippen LogP contribution in [0.15, 0.2) is 47.4 Å². The molecule has 1 heterocycles. The van der Waals surface area contributed by atoms with E-state index in [-0.39, 0.29) is 5.91 Å². The number of amides is 1. The van der Waals surface area contributed by atoms with E-state index in [1.54, 1.807) is 36.4 Å². The highest BCUT2D eigenvalue weighted by Crippen LogP contribution is 2.41. The van der Waals surface area contributed by atoms with Gasteiger partial charge in [0.15, 0.2) is 4.32 Å². The van der Waals surface area contributed by atoms with Crippen molar-refractivity contribution >= 4 is 46.0 Å². The van der Waals surface area contributed by atoms with Crippen molar-refractivity contribution in [3.8, 4) is 11.5 Å². The van der Waals surface area contributed by atoms with Crippen LogP contribution in [0.1, 0.15) is 5.56 Å². The van der Waals surface area contributed by atoms with E-state index in [9.17, 15) is 9.18 Å². The van der Waals surface area contributed by atoms with Gasteiger partial charge in [-0.05, 0) is 24.3 Å². The Bertz CT molecular complexity index is 882. The fourth-order valence-electron chi connectivity index (χ4n) is 2.38. The van der Waals surface area contributed by atoms with Crippen molar-refractivity contribution in [2.24, 2.45) is 0 Å². The van der Waals surface area contributed by atoms with Gasteiger partial charge in [0, 0.05) is 11.6 Å². The van der Waals surface area contributed by atoms with E-state index in [0.29, 0.717) is 32.0 Å². The molecule has 128 valence electrons. The van der Waals surface area contributed by atoms with Crippen molar-refractivity contribution in [1.29, 1.82) is 0 Å². The summed E-state index contributed by atoms with van der Waals surface area (Å²) in [5, 5.41) is 0. The van der Waals surface area contributed by atoms with Crippen LogP contribution in [-0.2, 0) is 4.79 Å². The molecule has 1 saturated heterocycles. The number of benzene rings is 2. The molecule has 0 aromatic heterocycles. The summed E-state index contributed by atoms with van der Waals surface area (Å²) in [7, 11) is 3.05. The summed E-state index contributed by atoms with van der Waals surface area (Å²) in [4.78, 5) is 14.5. The van der Waals surface area contributed by atoms with E-state index in [4.69, 9.17) is 21.7 Å². The maximum atomic E-state index is 13.9. The van der Waals surface area contributed by atoms with Crippen LogP contribution >= 0.6 is 24.0 Å². The number of halogens is 1. The van der Waals surface area contributed by atoms with Crippen molar-refractivity contribution in [1.82, 2.24) is 0 Å². The van der Waals surface area contributed by atoms with Gasteiger partial charge in [-0.15, -0.1) is 0 Å². The number of nitrogens with zero attached hydrogens (tertiary/aromatic N) is 1. The SMILES string of the molecule is COc1ccc(OC)c(N2C(=O)/C(=C/c3ccccc3F)SC2=S)c1. The third kappa shape index (κ3) is 3.38. The molecule has 1 fully saturated rings. The van der Waals surface area contributed by atoms with Crippen LogP contribution in [-0.4, -0.2) is 24.4 Å². The minimum absolute atomic E-state index is 0.329. The Morgan fingerprint density at radius 1 is 1.16 bits per heavy atom. The number of ether oxygens (including phenoxy) is 2. The summed E-state index contributed by atoms with van der Waals surface area (Å²) in [6.45, 7) is 0. The molecule has 0 bridgehead atoms. The van der Waals surface area contributed by atoms with Crippen LogP contribution in [0.5, 0.6) is 11.5 Å². The van der Waals surface area contributed by atoms with E-state index in [0.717, 1.165) is 11.8 Å². The lowest BCUT2D eigenvalue weighted by molar-refractivity contribution is -0.113. The first-order valence-electron chi connectivity index (χ1n) is 7.29. The second kappa shape index (κ2) is 7.25. The van der Waals surface area contributed by atoms with Crippen LogP contribution in [0.4, 0.5) is 10.1 Å². The van der Waals surface area contributed by atoms with E-state index in [1.807, 2.05) is 0 Å². The molecule has 0 N–H and O–H groups in total. The van der Waals surface area contributed by atoms with Gasteiger partial charge in [-0.2, -0.15) is 0 Å². The number of methoxy groups -OCH3 is 2. The molecule has 1 amide bonds. The first-order chi connectivity index (χ1) is 12.0. The van der Waals surface area contributed by atoms with Crippen LogP contribution in [0, 0.1) is 5.82 Å². The average Bonchev–Trinajstić information content (AvgIpc) is 2.90. The highest BCUT2D eigenvalue weighted by molar-refractivity contribution is 8.27. The highest BCUT2D eigenvalue weighted by atomic mass is 32.2. The molecule has 0 saturated carbocycles. The molecule has 2 aromatic rings. The zero-order chi connectivity index (χ0) is 18.0. The van der Waals surface area contributed by atoms with Gasteiger partial charge in [-0.25, -0.2) is 4.39 Å². The molecule has 3 rings (SSSR count). The quantitative estimate of drug-likeness (QED) is 0.590. The molecule has 2 aromatic carbocycles. The largest absolute Gasteiger partial charge is 0.497 e. The molecule has 25 heavy (non-hydrogen) atoms. The second-order valence-corrected chi connectivity index (χ2v) is 6.75. The van der Waals surface area contributed by atoms with Gasteiger partial charge >= 0.3 is 0 Å². The Balaban J connectivity index is 2.02. The minimum atomic E-state index is -0.397. The Morgan fingerprint density at radius 3 is 2.60 bits per heavy atom. The molecule has 7 heteroatoms. The summed E-state index contributed by atoms with van der Waals surface area (Å²) in [5.41, 5.74) is 0.821. The average molecular weight is 375 g/mol. The number of thioether (sulfide) groups is 1. The van der Waals surface area contributed by atoms with Crippen molar-refractivity contribution < 1.29 is 18.7 Å². The van der Waals surface area contributed by atoms with Crippen LogP contribution in [0.3, 0.4) is 0 Å². The number of carbonyl (C=O) groups is 1. The van der Waals surface area contributed by atoms with Gasteiger partial charge in [-0.1, -0.05) is 42.2 Å². The van der Waals surface area contributed by atoms with Gasteiger partial charge < -0.3 is 9.47 Å². The van der Waals surface area contributed by atoms with Gasteiger partial charge in [-0.3, -0.25) is 9.69 Å². The summed E-state index contributed by atoms with van der Waals surface area (Å²) in [6, 6.07) is 11.4. The third-order valence-corrected chi connectivity index (χ3v) is 4.91. The van der Waals surface area contributed by atoms with E-state index in [2.05, 4.69) is 0 Å². The number of thiocarbonyl (C=S) groups is 1. The predicted molar refractivity (Wildman–Crippen MR) is 102 cm³/mol. The lowest BCUT2D eigenvalue weighted by atomic mass is 10.2. The van der Waals surface area contributed by atoms with E-state index in [1.165, 1.54) is 31.3 Å². The highest BCUT2D eigenvalue weighted by Gasteiger charge is 2.35. The fourth-order valence-corrected chi connectivity index (χ4v) is 3.66. The number of rotatable bonds is 4. The first-order valence-corrected chi connectivity index (χ1v) is 8.52. The molecule has 1 aliphatic rings. The van der Waals surface area contributed by atoms with Crippen LogP contribution in [0.25, 0.3) is 6.08 Å². The molecule has 0 atom stereocenters. The lowest BCUT2D eigenvalue weighted by Gasteiger charge is -2.18. The van der Waals surface area contributed by atoms with E-state index >= 15 is 0 Å². The Kier molecular flexibility index (Phi) is 5.06. The zero-order valence-corrected chi connectivity index (χ0v) is 15.1. The molecule has 4 nitrogen and oxygen atoms in total. The topological polar surface area (TPSA) is 38.8 Å². The number of carbonyl (C=O) groups excluding carboxylic acids is 1. The van der Waals surface area contributed by atoms with E-state index < -0.39 is 5.82 Å². The van der Waals surface area contributed by atoms with Gasteiger partial charge in [0.05, 0.1) is 24.8 Å². The predicted octanol–water partition coefficient (Wildman–Crippen LogP) is 4.25. The first kappa shape index (κ1) is 17.4. The standard InChI is InChI=1S/C18H14FNO3S2/c1-22-12-7-8-15(23-2)14(10-12)20-17(21)16(25-18(20)24)9-11-5-3-4-6-13(11)19/h3-10H,1-2H3/b16-9-. The third-order valence-electron chi connectivity index (χ3n) is 3.61. The summed E-state index contributed by atoms with van der Waals surface area (Å²) < 4.78 is 24.7. The zero-order valence-electron chi connectivity index (χ0n) is 13.5. The van der Waals surface area contributed by atoms with Crippen molar-refractivity contribution in [3.63, 3.8) is 0 Å². The molecule has 0 spiro atoms. The van der Waals surface area contributed by atoms with Gasteiger partial charge in [0.25, 0.3) is 5.91 Å². The fraction of sp³-hybridized carbons (Fsp3) is 0.111. The summed E-state index contributed by atoms with van der Waals surface area (Å²) in [5.74, 6) is 0.337. The summed E-state index contributed by atoms with van der Waals surface area (Å²) in [6.07, 6.45) is 1.50. The van der Waals surface area contributed by atoms with Crippen molar-refractivity contribution in [3.05, 3.63) is 58.8 Å². The normalized spacial score (nSPS) is 15.8. The maximum absolute atomic E-state index is 13.9. The minimum Gasteiger partial charge on any atom is -0.497 e. The second-order valence-electron chi connectivity index (χ2n) is 5.08. The molecular weight excluding hydrogens is 361 g/mol. The Hall–Kier alpha value is -2.38. The molecule has 0 unspecified atom stereocenters. The van der Waals surface area contributed by atoms with Crippen molar-refractivity contribution in [2.45, 2.75) is 0 Å². The lowest BCUT2D eigenvalue weighted by Crippen LogP contribution is -2.28. The Labute approximate surface area is 154 Å². The molecule has 1 aliphatic heterocycles. The number of hydrogen-bond donors (Lipinski definition) is 0. The number of hydrogen-bond acceptors (Lipinski definition) is 5.